The van der Waals surface area contributed by atoms with Gasteiger partial charge in [-0.15, -0.1) is 0 Å². The Balaban J connectivity index is 2.28. The van der Waals surface area contributed by atoms with Gasteiger partial charge in [-0.2, -0.15) is 0 Å². The van der Waals surface area contributed by atoms with Crippen LogP contribution in [0.15, 0.2) is 41.6 Å². The molecule has 24 heavy (non-hydrogen) atoms. The van der Waals surface area contributed by atoms with Gasteiger partial charge >= 0.3 is 5.97 Å². The van der Waals surface area contributed by atoms with Gasteiger partial charge in [0.25, 0.3) is 0 Å². The van der Waals surface area contributed by atoms with Crippen LogP contribution >= 0.6 is 0 Å². The van der Waals surface area contributed by atoms with Gasteiger partial charge in [0.2, 0.25) is 0 Å². The summed E-state index contributed by atoms with van der Waals surface area (Å²) < 4.78 is 10.2. The molecule has 0 spiro atoms. The second-order valence-electron chi connectivity index (χ2n) is 5.71. The van der Waals surface area contributed by atoms with E-state index in [2.05, 4.69) is 0 Å². The molecule has 5 heteroatoms. The lowest BCUT2D eigenvalue weighted by Gasteiger charge is -2.18. The molecule has 0 saturated heterocycles. The Hall–Kier alpha value is -2.56. The van der Waals surface area contributed by atoms with Crippen LogP contribution in [0.1, 0.15) is 29.3 Å². The van der Waals surface area contributed by atoms with Crippen LogP contribution in [0.25, 0.3) is 0 Å². The van der Waals surface area contributed by atoms with E-state index in [0.29, 0.717) is 29.9 Å². The summed E-state index contributed by atoms with van der Waals surface area (Å²) in [5.74, 6) is 0.357. The lowest BCUT2D eigenvalue weighted by Crippen LogP contribution is -2.21. The standard InChI is InChI=1S/C19H23NO4/c1-5-24-19(22)17(20(2)3)11-8-13-6-7-14-12-15(23-4)9-10-16(14)18(13)21/h8-12H,5-7H2,1-4H3. The number of fused-ring (bicyclic) bond motifs is 1. The second kappa shape index (κ2) is 7.81. The van der Waals surface area contributed by atoms with Gasteiger partial charge in [0.1, 0.15) is 11.4 Å². The monoisotopic (exact) mass is 329 g/mol. The molecule has 5 nitrogen and oxygen atoms in total. The van der Waals surface area contributed by atoms with Crippen molar-refractivity contribution in [3.8, 4) is 5.75 Å². The number of ether oxygens (including phenoxy) is 2. The highest BCUT2D eigenvalue weighted by atomic mass is 16.5. The largest absolute Gasteiger partial charge is 0.497 e. The zero-order valence-corrected chi connectivity index (χ0v) is 14.6. The molecule has 0 radical (unpaired) electrons. The predicted octanol–water partition coefficient (Wildman–Crippen LogP) is 2.76. The Morgan fingerprint density at radius 2 is 2.04 bits per heavy atom. The smallest absolute Gasteiger partial charge is 0.354 e. The maximum Gasteiger partial charge on any atom is 0.354 e. The fourth-order valence-corrected chi connectivity index (χ4v) is 2.62. The van der Waals surface area contributed by atoms with E-state index in [9.17, 15) is 9.59 Å². The van der Waals surface area contributed by atoms with Crippen molar-refractivity contribution >= 4 is 11.8 Å². The average Bonchev–Trinajstić information content (AvgIpc) is 2.56. The maximum atomic E-state index is 12.6. The van der Waals surface area contributed by atoms with E-state index < -0.39 is 5.97 Å². The van der Waals surface area contributed by atoms with Crippen molar-refractivity contribution in [3.63, 3.8) is 0 Å². The lowest BCUT2D eigenvalue weighted by molar-refractivity contribution is -0.140. The molecule has 0 saturated carbocycles. The van der Waals surface area contributed by atoms with Crippen molar-refractivity contribution in [3.05, 3.63) is 52.7 Å². The van der Waals surface area contributed by atoms with E-state index in [0.717, 1.165) is 17.7 Å². The van der Waals surface area contributed by atoms with Gasteiger partial charge in [0.05, 0.1) is 13.7 Å². The first-order valence-electron chi connectivity index (χ1n) is 7.94. The van der Waals surface area contributed by atoms with Gasteiger partial charge in [-0.25, -0.2) is 4.79 Å². The maximum absolute atomic E-state index is 12.6. The minimum Gasteiger partial charge on any atom is -0.497 e. The summed E-state index contributed by atoms with van der Waals surface area (Å²) in [5, 5.41) is 0. The molecule has 0 atom stereocenters. The van der Waals surface area contributed by atoms with Gasteiger partial charge < -0.3 is 14.4 Å². The van der Waals surface area contributed by atoms with Crippen molar-refractivity contribution in [1.29, 1.82) is 0 Å². The number of allylic oxidation sites excluding steroid dienone is 3. The number of likely N-dealkylation sites (N-methyl/N-ethyl adjacent to an activating group) is 1. The molecule has 0 N–H and O–H groups in total. The number of nitrogens with zero attached hydrogens (tertiary/aromatic N) is 1. The van der Waals surface area contributed by atoms with E-state index in [1.54, 1.807) is 57.3 Å². The summed E-state index contributed by atoms with van der Waals surface area (Å²) in [7, 11) is 5.15. The van der Waals surface area contributed by atoms with Crippen molar-refractivity contribution in [1.82, 2.24) is 4.90 Å². The Morgan fingerprint density at radius 3 is 2.67 bits per heavy atom. The third-order valence-corrected chi connectivity index (χ3v) is 3.92. The Kier molecular flexibility index (Phi) is 5.79. The van der Waals surface area contributed by atoms with Crippen LogP contribution in [0, 0.1) is 0 Å². The van der Waals surface area contributed by atoms with Crippen molar-refractivity contribution in [2.24, 2.45) is 0 Å². The van der Waals surface area contributed by atoms with Crippen LogP contribution in [-0.2, 0) is 16.0 Å². The number of carbonyl (C=O) groups excluding carboxylic acids is 2. The number of hydrogen-bond donors (Lipinski definition) is 0. The molecule has 0 amide bonds. The molecular formula is C19H23NO4. The molecule has 0 aromatic heterocycles. The van der Waals surface area contributed by atoms with Crippen LogP contribution in [0.4, 0.5) is 0 Å². The Bertz CT molecular complexity index is 701. The zero-order valence-electron chi connectivity index (χ0n) is 14.6. The molecule has 1 aromatic rings. The fourth-order valence-electron chi connectivity index (χ4n) is 2.62. The summed E-state index contributed by atoms with van der Waals surface area (Å²) in [6.07, 6.45) is 4.79. The molecule has 0 unspecified atom stereocenters. The second-order valence-corrected chi connectivity index (χ2v) is 5.71. The number of rotatable bonds is 5. The minimum atomic E-state index is -0.396. The van der Waals surface area contributed by atoms with Gasteiger partial charge in [-0.1, -0.05) is 6.08 Å². The number of aryl methyl sites for hydroxylation is 1. The van der Waals surface area contributed by atoms with E-state index in [1.165, 1.54) is 0 Å². The number of Topliss-reactive ketones (excluding diaryl/α,β-unsaturated/α-hetero) is 1. The quantitative estimate of drug-likeness (QED) is 0.614. The van der Waals surface area contributed by atoms with Gasteiger partial charge in [0.15, 0.2) is 5.78 Å². The summed E-state index contributed by atoms with van der Waals surface area (Å²) in [6, 6.07) is 5.49. The molecule has 1 aliphatic carbocycles. The SMILES string of the molecule is CCOC(=O)C(=CC=C1CCc2cc(OC)ccc2C1=O)N(C)C. The van der Waals surface area contributed by atoms with Crippen LogP contribution in [0.5, 0.6) is 5.75 Å². The molecule has 0 heterocycles. The highest BCUT2D eigenvalue weighted by molar-refractivity contribution is 6.11. The number of benzene rings is 1. The Morgan fingerprint density at radius 1 is 1.29 bits per heavy atom. The van der Waals surface area contributed by atoms with Crippen molar-refractivity contribution < 1.29 is 19.1 Å². The third kappa shape index (κ3) is 3.85. The van der Waals surface area contributed by atoms with Crippen LogP contribution in [0.3, 0.4) is 0 Å². The van der Waals surface area contributed by atoms with Crippen LogP contribution < -0.4 is 4.74 Å². The number of hydrogen-bond acceptors (Lipinski definition) is 5. The normalized spacial score (nSPS) is 15.9. The first-order valence-corrected chi connectivity index (χ1v) is 7.94. The summed E-state index contributed by atoms with van der Waals surface area (Å²) in [6.45, 7) is 2.08. The molecule has 0 fully saturated rings. The average molecular weight is 329 g/mol. The van der Waals surface area contributed by atoms with Gasteiger partial charge in [0, 0.05) is 25.2 Å². The van der Waals surface area contributed by atoms with E-state index in [4.69, 9.17) is 9.47 Å². The number of carbonyl (C=O) groups is 2. The zero-order chi connectivity index (χ0) is 17.7. The van der Waals surface area contributed by atoms with Crippen LogP contribution in [-0.4, -0.2) is 44.5 Å². The summed E-state index contributed by atoms with van der Waals surface area (Å²) in [5.41, 5.74) is 2.80. The third-order valence-electron chi connectivity index (χ3n) is 3.92. The van der Waals surface area contributed by atoms with Crippen molar-refractivity contribution in [2.75, 3.05) is 27.8 Å². The first kappa shape index (κ1) is 17.8. The number of methoxy groups -OCH3 is 1. The van der Waals surface area contributed by atoms with E-state index >= 15 is 0 Å². The molecule has 1 aromatic carbocycles. The summed E-state index contributed by atoms with van der Waals surface area (Å²) >= 11 is 0. The first-order chi connectivity index (χ1) is 11.5. The van der Waals surface area contributed by atoms with E-state index in [1.807, 2.05) is 6.07 Å². The highest BCUT2D eigenvalue weighted by Gasteiger charge is 2.22. The highest BCUT2D eigenvalue weighted by Crippen LogP contribution is 2.28. The van der Waals surface area contributed by atoms with E-state index in [-0.39, 0.29) is 5.78 Å². The van der Waals surface area contributed by atoms with Gasteiger partial charge in [-0.3, -0.25) is 4.79 Å². The topological polar surface area (TPSA) is 55.8 Å². The number of ketones is 1. The van der Waals surface area contributed by atoms with Crippen LogP contribution in [0.2, 0.25) is 0 Å². The minimum absolute atomic E-state index is 0.00267. The van der Waals surface area contributed by atoms with Crippen molar-refractivity contribution in [2.45, 2.75) is 19.8 Å². The van der Waals surface area contributed by atoms with Gasteiger partial charge in [-0.05, 0) is 49.6 Å². The Labute approximate surface area is 142 Å². The lowest BCUT2D eigenvalue weighted by atomic mass is 9.86. The molecule has 2 rings (SSSR count). The molecule has 0 bridgehead atoms. The predicted molar refractivity (Wildman–Crippen MR) is 92.1 cm³/mol. The molecule has 1 aliphatic rings. The fraction of sp³-hybridized carbons (Fsp3) is 0.368. The molecule has 0 aliphatic heterocycles. The summed E-state index contributed by atoms with van der Waals surface area (Å²) in [4.78, 5) is 26.3. The molecular weight excluding hydrogens is 306 g/mol. The molecule has 128 valence electrons. The number of esters is 1.